The zero-order valence-corrected chi connectivity index (χ0v) is 11.4. The highest BCUT2D eigenvalue weighted by atomic mass is 16.5. The first kappa shape index (κ1) is 14.3. The van der Waals surface area contributed by atoms with Crippen molar-refractivity contribution in [3.8, 4) is 5.75 Å². The SMILES string of the molecule is Cc1cc(C(N)=NO)cc(C)c1OCCN(C)C. The molecule has 3 N–H and O–H groups in total. The van der Waals surface area contributed by atoms with Gasteiger partial charge in [-0.2, -0.15) is 0 Å². The quantitative estimate of drug-likeness (QED) is 0.358. The summed E-state index contributed by atoms with van der Waals surface area (Å²) in [7, 11) is 4.01. The van der Waals surface area contributed by atoms with E-state index in [1.807, 2.05) is 40.1 Å². The Balaban J connectivity index is 2.88. The highest BCUT2D eigenvalue weighted by Gasteiger charge is 2.09. The van der Waals surface area contributed by atoms with Gasteiger partial charge in [-0.1, -0.05) is 5.16 Å². The number of nitrogens with two attached hydrogens (primary N) is 1. The first-order valence-electron chi connectivity index (χ1n) is 5.82. The van der Waals surface area contributed by atoms with Gasteiger partial charge < -0.3 is 20.6 Å². The topological polar surface area (TPSA) is 71.1 Å². The number of oxime groups is 1. The van der Waals surface area contributed by atoms with Crippen LogP contribution in [0.2, 0.25) is 0 Å². The third-order valence-electron chi connectivity index (χ3n) is 2.65. The minimum atomic E-state index is 0.112. The number of likely N-dealkylation sites (N-methyl/N-ethyl adjacent to an activating group) is 1. The van der Waals surface area contributed by atoms with Crippen molar-refractivity contribution in [1.29, 1.82) is 0 Å². The molecule has 0 bridgehead atoms. The third kappa shape index (κ3) is 3.63. The maximum Gasteiger partial charge on any atom is 0.170 e. The Morgan fingerprint density at radius 2 is 1.89 bits per heavy atom. The summed E-state index contributed by atoms with van der Waals surface area (Å²) in [5.74, 6) is 0.979. The average molecular weight is 251 g/mol. The van der Waals surface area contributed by atoms with Crippen LogP contribution in [0.25, 0.3) is 0 Å². The van der Waals surface area contributed by atoms with E-state index < -0.39 is 0 Å². The van der Waals surface area contributed by atoms with Crippen LogP contribution in [0.5, 0.6) is 5.75 Å². The summed E-state index contributed by atoms with van der Waals surface area (Å²) in [6, 6.07) is 3.71. The number of ether oxygens (including phenoxy) is 1. The number of hydrogen-bond donors (Lipinski definition) is 2. The average Bonchev–Trinajstić information content (AvgIpc) is 2.31. The Labute approximate surface area is 108 Å². The van der Waals surface area contributed by atoms with Gasteiger partial charge >= 0.3 is 0 Å². The second-order valence-electron chi connectivity index (χ2n) is 4.58. The van der Waals surface area contributed by atoms with E-state index in [9.17, 15) is 0 Å². The van der Waals surface area contributed by atoms with Crippen molar-refractivity contribution in [2.24, 2.45) is 10.9 Å². The normalized spacial score (nSPS) is 11.9. The molecule has 0 heterocycles. The van der Waals surface area contributed by atoms with E-state index in [2.05, 4.69) is 10.1 Å². The molecule has 0 unspecified atom stereocenters. The molecule has 0 aromatic heterocycles. The first-order valence-corrected chi connectivity index (χ1v) is 5.82. The zero-order chi connectivity index (χ0) is 13.7. The summed E-state index contributed by atoms with van der Waals surface area (Å²) in [6.07, 6.45) is 0. The van der Waals surface area contributed by atoms with Gasteiger partial charge in [0.25, 0.3) is 0 Å². The second-order valence-corrected chi connectivity index (χ2v) is 4.58. The van der Waals surface area contributed by atoms with E-state index in [0.29, 0.717) is 12.2 Å². The number of rotatable bonds is 5. The molecular formula is C13H21N3O2. The fraction of sp³-hybridized carbons (Fsp3) is 0.462. The first-order chi connectivity index (χ1) is 8.45. The molecule has 1 rings (SSSR count). The molecule has 100 valence electrons. The lowest BCUT2D eigenvalue weighted by Gasteiger charge is -2.15. The molecule has 0 amide bonds. The molecule has 1 aromatic carbocycles. The zero-order valence-electron chi connectivity index (χ0n) is 11.4. The summed E-state index contributed by atoms with van der Waals surface area (Å²) in [5, 5.41) is 11.7. The number of nitrogens with zero attached hydrogens (tertiary/aromatic N) is 2. The van der Waals surface area contributed by atoms with Gasteiger partial charge in [0, 0.05) is 12.1 Å². The minimum absolute atomic E-state index is 0.112. The highest BCUT2D eigenvalue weighted by Crippen LogP contribution is 2.24. The fourth-order valence-electron chi connectivity index (χ4n) is 1.71. The van der Waals surface area contributed by atoms with Crippen LogP contribution >= 0.6 is 0 Å². The predicted octanol–water partition coefficient (Wildman–Crippen LogP) is 1.34. The van der Waals surface area contributed by atoms with Gasteiger partial charge in [0.15, 0.2) is 5.84 Å². The summed E-state index contributed by atoms with van der Waals surface area (Å²) >= 11 is 0. The van der Waals surface area contributed by atoms with Gasteiger partial charge in [0.2, 0.25) is 0 Å². The lowest BCUT2D eigenvalue weighted by molar-refractivity contribution is 0.259. The minimum Gasteiger partial charge on any atom is -0.492 e. The van der Waals surface area contributed by atoms with Crippen LogP contribution in [0.4, 0.5) is 0 Å². The van der Waals surface area contributed by atoms with Crippen LogP contribution in [-0.4, -0.2) is 43.2 Å². The lowest BCUT2D eigenvalue weighted by Crippen LogP contribution is -2.20. The molecule has 0 radical (unpaired) electrons. The molecule has 18 heavy (non-hydrogen) atoms. The summed E-state index contributed by atoms with van der Waals surface area (Å²) in [5.41, 5.74) is 8.24. The Bertz CT molecular complexity index is 419. The molecule has 0 saturated heterocycles. The molecule has 1 aromatic rings. The molecule has 0 aliphatic rings. The molecule has 0 aliphatic heterocycles. The van der Waals surface area contributed by atoms with Gasteiger partial charge in [0.05, 0.1) is 0 Å². The summed E-state index contributed by atoms with van der Waals surface area (Å²) < 4.78 is 5.76. The predicted molar refractivity (Wildman–Crippen MR) is 72.5 cm³/mol. The Morgan fingerprint density at radius 1 is 1.33 bits per heavy atom. The molecule has 5 heteroatoms. The van der Waals surface area contributed by atoms with Crippen molar-refractivity contribution < 1.29 is 9.94 Å². The third-order valence-corrected chi connectivity index (χ3v) is 2.65. The Morgan fingerprint density at radius 3 is 2.33 bits per heavy atom. The second kappa shape index (κ2) is 6.26. The van der Waals surface area contributed by atoms with Gasteiger partial charge in [-0.15, -0.1) is 0 Å². The van der Waals surface area contributed by atoms with Gasteiger partial charge in [-0.05, 0) is 51.2 Å². The smallest absolute Gasteiger partial charge is 0.170 e. The van der Waals surface area contributed by atoms with Gasteiger partial charge in [-0.3, -0.25) is 0 Å². The van der Waals surface area contributed by atoms with Crippen LogP contribution in [-0.2, 0) is 0 Å². The van der Waals surface area contributed by atoms with Crippen LogP contribution in [0.1, 0.15) is 16.7 Å². The van der Waals surface area contributed by atoms with E-state index in [-0.39, 0.29) is 5.84 Å². The van der Waals surface area contributed by atoms with Crippen molar-refractivity contribution in [1.82, 2.24) is 4.90 Å². The summed E-state index contributed by atoms with van der Waals surface area (Å²) in [6.45, 7) is 5.40. The van der Waals surface area contributed by atoms with Crippen LogP contribution < -0.4 is 10.5 Å². The molecule has 0 fully saturated rings. The monoisotopic (exact) mass is 251 g/mol. The molecule has 0 saturated carbocycles. The van der Waals surface area contributed by atoms with Crippen molar-refractivity contribution in [2.75, 3.05) is 27.2 Å². The molecule has 0 aliphatic carbocycles. The van der Waals surface area contributed by atoms with E-state index in [1.165, 1.54) is 0 Å². The number of hydrogen-bond acceptors (Lipinski definition) is 4. The van der Waals surface area contributed by atoms with Crippen molar-refractivity contribution in [3.05, 3.63) is 28.8 Å². The maximum atomic E-state index is 8.67. The van der Waals surface area contributed by atoms with E-state index >= 15 is 0 Å². The van der Waals surface area contributed by atoms with E-state index in [0.717, 1.165) is 23.4 Å². The lowest BCUT2D eigenvalue weighted by atomic mass is 10.1. The van der Waals surface area contributed by atoms with Crippen LogP contribution in [0, 0.1) is 13.8 Å². The largest absolute Gasteiger partial charge is 0.492 e. The molecular weight excluding hydrogens is 230 g/mol. The Hall–Kier alpha value is -1.75. The van der Waals surface area contributed by atoms with Crippen LogP contribution in [0.3, 0.4) is 0 Å². The Kier molecular flexibility index (Phi) is 4.97. The van der Waals surface area contributed by atoms with Gasteiger partial charge in [0.1, 0.15) is 12.4 Å². The van der Waals surface area contributed by atoms with E-state index in [4.69, 9.17) is 15.7 Å². The maximum absolute atomic E-state index is 8.67. The van der Waals surface area contributed by atoms with E-state index in [1.54, 1.807) is 0 Å². The van der Waals surface area contributed by atoms with Crippen molar-refractivity contribution in [2.45, 2.75) is 13.8 Å². The summed E-state index contributed by atoms with van der Waals surface area (Å²) in [4.78, 5) is 2.06. The van der Waals surface area contributed by atoms with Crippen LogP contribution in [0.15, 0.2) is 17.3 Å². The molecule has 0 spiro atoms. The van der Waals surface area contributed by atoms with Gasteiger partial charge in [-0.25, -0.2) is 0 Å². The highest BCUT2D eigenvalue weighted by molar-refractivity contribution is 5.97. The number of benzene rings is 1. The number of aryl methyl sites for hydroxylation is 2. The molecule has 0 atom stereocenters. The molecule has 5 nitrogen and oxygen atoms in total. The van der Waals surface area contributed by atoms with Crippen molar-refractivity contribution >= 4 is 5.84 Å². The fourth-order valence-corrected chi connectivity index (χ4v) is 1.71. The number of amidine groups is 1. The standard InChI is InChI=1S/C13H21N3O2/c1-9-7-11(13(14)15-17)8-10(2)12(9)18-6-5-16(3)4/h7-8,17H,5-6H2,1-4H3,(H2,14,15). The van der Waals surface area contributed by atoms with Crippen molar-refractivity contribution in [3.63, 3.8) is 0 Å².